The Bertz CT molecular complexity index is 500. The van der Waals surface area contributed by atoms with E-state index in [2.05, 4.69) is 4.72 Å². The third kappa shape index (κ3) is 3.67. The minimum atomic E-state index is -3.69. The third-order valence-corrected chi connectivity index (χ3v) is 3.82. The third-order valence-electron chi connectivity index (χ3n) is 2.40. The van der Waals surface area contributed by atoms with Gasteiger partial charge in [-0.3, -0.25) is 0 Å². The number of rotatable bonds is 6. The van der Waals surface area contributed by atoms with E-state index in [1.54, 1.807) is 13.0 Å². The van der Waals surface area contributed by atoms with Crippen molar-refractivity contribution in [2.45, 2.75) is 17.9 Å². The van der Waals surface area contributed by atoms with Crippen LogP contribution < -0.4 is 9.46 Å². The lowest BCUT2D eigenvalue weighted by molar-refractivity contribution is 0.0988. The molecule has 0 radical (unpaired) electrons. The molecule has 0 saturated carbocycles. The molecule has 1 aromatic carbocycles. The molecule has 1 rings (SSSR count). The van der Waals surface area contributed by atoms with Gasteiger partial charge in [-0.25, -0.2) is 13.1 Å². The number of nitrogens with one attached hydrogen (secondary N) is 1. The second-order valence-electron chi connectivity index (χ2n) is 3.82. The average Bonchev–Trinajstić information content (AvgIpc) is 2.35. The van der Waals surface area contributed by atoms with Crippen LogP contribution in [-0.4, -0.2) is 45.0 Å². The number of hydrogen-bond donors (Lipinski definition) is 3. The van der Waals surface area contributed by atoms with Crippen molar-refractivity contribution in [3.8, 4) is 5.75 Å². The molecule has 0 aliphatic heterocycles. The summed E-state index contributed by atoms with van der Waals surface area (Å²) in [5, 5.41) is 17.7. The van der Waals surface area contributed by atoms with E-state index < -0.39 is 22.7 Å². The topological polar surface area (TPSA) is 95.9 Å². The van der Waals surface area contributed by atoms with Gasteiger partial charge in [0.1, 0.15) is 5.75 Å². The van der Waals surface area contributed by atoms with Crippen molar-refractivity contribution in [1.82, 2.24) is 4.72 Å². The van der Waals surface area contributed by atoms with Gasteiger partial charge >= 0.3 is 0 Å². The Hall–Kier alpha value is -1.15. The SMILES string of the molecule is COc1ccc(S(=O)(=O)NCC(O)CO)cc1C. The molecule has 3 N–H and O–H groups in total. The predicted molar refractivity (Wildman–Crippen MR) is 66.0 cm³/mol. The van der Waals surface area contributed by atoms with Gasteiger partial charge in [0.05, 0.1) is 24.7 Å². The van der Waals surface area contributed by atoms with E-state index in [9.17, 15) is 8.42 Å². The minimum absolute atomic E-state index is 0.0888. The summed E-state index contributed by atoms with van der Waals surface area (Å²) in [4.78, 5) is 0.0888. The molecule has 0 saturated heterocycles. The number of aryl methyl sites for hydroxylation is 1. The van der Waals surface area contributed by atoms with Crippen LogP contribution in [0.15, 0.2) is 23.1 Å². The Balaban J connectivity index is 2.88. The van der Waals surface area contributed by atoms with E-state index in [1.165, 1.54) is 19.2 Å². The van der Waals surface area contributed by atoms with Crippen LogP contribution in [0.4, 0.5) is 0 Å². The van der Waals surface area contributed by atoms with Crippen molar-refractivity contribution in [1.29, 1.82) is 0 Å². The Morgan fingerprint density at radius 2 is 2.11 bits per heavy atom. The van der Waals surface area contributed by atoms with E-state index in [-0.39, 0.29) is 11.4 Å². The number of methoxy groups -OCH3 is 1. The van der Waals surface area contributed by atoms with Crippen LogP contribution in [0.25, 0.3) is 0 Å². The summed E-state index contributed by atoms with van der Waals surface area (Å²) in [7, 11) is -2.18. The number of ether oxygens (including phenoxy) is 1. The molecule has 0 fully saturated rings. The highest BCUT2D eigenvalue weighted by molar-refractivity contribution is 7.89. The van der Waals surface area contributed by atoms with Gasteiger partial charge in [-0.1, -0.05) is 0 Å². The Morgan fingerprint density at radius 1 is 1.44 bits per heavy atom. The predicted octanol–water partition coefficient (Wildman–Crippen LogP) is -0.365. The molecular weight excluding hydrogens is 258 g/mol. The van der Waals surface area contributed by atoms with Crippen LogP contribution in [0.2, 0.25) is 0 Å². The van der Waals surface area contributed by atoms with Gasteiger partial charge in [-0.2, -0.15) is 0 Å². The van der Waals surface area contributed by atoms with Crippen LogP contribution in [0.3, 0.4) is 0 Å². The lowest BCUT2D eigenvalue weighted by atomic mass is 10.2. The van der Waals surface area contributed by atoms with Gasteiger partial charge < -0.3 is 14.9 Å². The number of benzene rings is 1. The molecule has 0 aliphatic rings. The maximum absolute atomic E-state index is 11.9. The van der Waals surface area contributed by atoms with Gasteiger partial charge in [0.15, 0.2) is 0 Å². The molecule has 6 nitrogen and oxygen atoms in total. The molecule has 1 aromatic rings. The number of aliphatic hydroxyl groups is 2. The van der Waals surface area contributed by atoms with Crippen LogP contribution in [0, 0.1) is 6.92 Å². The molecule has 18 heavy (non-hydrogen) atoms. The van der Waals surface area contributed by atoms with Gasteiger partial charge in [0, 0.05) is 6.54 Å². The zero-order valence-corrected chi connectivity index (χ0v) is 11.1. The number of hydrogen-bond acceptors (Lipinski definition) is 5. The maximum atomic E-state index is 11.9. The highest BCUT2D eigenvalue weighted by atomic mass is 32.2. The lowest BCUT2D eigenvalue weighted by Crippen LogP contribution is -2.33. The molecule has 1 unspecified atom stereocenters. The van der Waals surface area contributed by atoms with E-state index in [1.807, 2.05) is 0 Å². The van der Waals surface area contributed by atoms with E-state index in [0.29, 0.717) is 11.3 Å². The normalized spacial score (nSPS) is 13.3. The fourth-order valence-corrected chi connectivity index (χ4v) is 2.53. The molecule has 0 amide bonds. The summed E-state index contributed by atoms with van der Waals surface area (Å²) in [5.74, 6) is 0.601. The Labute approximate surface area is 106 Å². The minimum Gasteiger partial charge on any atom is -0.496 e. The van der Waals surface area contributed by atoms with Gasteiger partial charge in [0.25, 0.3) is 0 Å². The summed E-state index contributed by atoms with van der Waals surface area (Å²) >= 11 is 0. The Morgan fingerprint density at radius 3 is 2.61 bits per heavy atom. The van der Waals surface area contributed by atoms with Gasteiger partial charge in [0.2, 0.25) is 10.0 Å². The smallest absolute Gasteiger partial charge is 0.240 e. The van der Waals surface area contributed by atoms with Crippen molar-refractivity contribution in [2.75, 3.05) is 20.3 Å². The quantitative estimate of drug-likeness (QED) is 0.658. The summed E-state index contributed by atoms with van der Waals surface area (Å²) in [6, 6.07) is 4.46. The van der Waals surface area contributed by atoms with Gasteiger partial charge in [-0.15, -0.1) is 0 Å². The van der Waals surface area contributed by atoms with Crippen molar-refractivity contribution >= 4 is 10.0 Å². The summed E-state index contributed by atoms with van der Waals surface area (Å²) in [5.41, 5.74) is 0.697. The first-order chi connectivity index (χ1) is 8.40. The monoisotopic (exact) mass is 275 g/mol. The van der Waals surface area contributed by atoms with Crippen molar-refractivity contribution in [3.63, 3.8) is 0 Å². The average molecular weight is 275 g/mol. The molecule has 102 valence electrons. The molecule has 0 aromatic heterocycles. The second-order valence-corrected chi connectivity index (χ2v) is 5.59. The first-order valence-corrected chi connectivity index (χ1v) is 6.82. The molecule has 0 aliphatic carbocycles. The zero-order valence-electron chi connectivity index (χ0n) is 10.3. The number of aliphatic hydroxyl groups excluding tert-OH is 2. The molecule has 0 spiro atoms. The van der Waals surface area contributed by atoms with Crippen LogP contribution in [0.5, 0.6) is 5.75 Å². The van der Waals surface area contributed by atoms with E-state index in [0.717, 1.165) is 0 Å². The molecule has 1 atom stereocenters. The second kappa shape index (κ2) is 6.14. The van der Waals surface area contributed by atoms with Crippen LogP contribution in [-0.2, 0) is 10.0 Å². The molecule has 0 bridgehead atoms. The molecular formula is C11H17NO5S. The highest BCUT2D eigenvalue weighted by Gasteiger charge is 2.16. The highest BCUT2D eigenvalue weighted by Crippen LogP contribution is 2.21. The molecule has 7 heteroatoms. The fraction of sp³-hybridized carbons (Fsp3) is 0.455. The van der Waals surface area contributed by atoms with Crippen molar-refractivity contribution < 1.29 is 23.4 Å². The molecule has 0 heterocycles. The summed E-state index contributed by atoms with van der Waals surface area (Å²) in [6.07, 6.45) is -1.11. The first-order valence-electron chi connectivity index (χ1n) is 5.34. The first kappa shape index (κ1) is 14.9. The zero-order chi connectivity index (χ0) is 13.8. The summed E-state index contributed by atoms with van der Waals surface area (Å²) in [6.45, 7) is 1.01. The fourth-order valence-electron chi connectivity index (χ4n) is 1.37. The van der Waals surface area contributed by atoms with E-state index in [4.69, 9.17) is 14.9 Å². The van der Waals surface area contributed by atoms with Crippen LogP contribution in [0.1, 0.15) is 5.56 Å². The lowest BCUT2D eigenvalue weighted by Gasteiger charge is -2.11. The van der Waals surface area contributed by atoms with Gasteiger partial charge in [-0.05, 0) is 30.7 Å². The largest absolute Gasteiger partial charge is 0.496 e. The Kier molecular flexibility index (Phi) is 5.09. The maximum Gasteiger partial charge on any atom is 0.240 e. The van der Waals surface area contributed by atoms with Crippen LogP contribution >= 0.6 is 0 Å². The number of sulfonamides is 1. The standard InChI is InChI=1S/C11H17NO5S/c1-8-5-10(3-4-11(8)17-2)18(15,16)12-6-9(14)7-13/h3-5,9,12-14H,6-7H2,1-2H3. The van der Waals surface area contributed by atoms with Crippen molar-refractivity contribution in [2.24, 2.45) is 0 Å². The van der Waals surface area contributed by atoms with E-state index >= 15 is 0 Å². The van der Waals surface area contributed by atoms with Crippen molar-refractivity contribution in [3.05, 3.63) is 23.8 Å². The summed E-state index contributed by atoms with van der Waals surface area (Å²) < 4.78 is 31.0.